The zero-order chi connectivity index (χ0) is 18.1. The SMILES string of the molecule is CCOc1ccc(C(=O)NCC(=O)NC(C)CCC2CCCO2)cc1. The number of hydrogen-bond donors (Lipinski definition) is 2. The third-order valence-corrected chi connectivity index (χ3v) is 4.19. The van der Waals surface area contributed by atoms with Crippen molar-refractivity contribution in [3.63, 3.8) is 0 Å². The lowest BCUT2D eigenvalue weighted by molar-refractivity contribution is -0.120. The monoisotopic (exact) mass is 348 g/mol. The fourth-order valence-corrected chi connectivity index (χ4v) is 2.84. The third kappa shape index (κ3) is 6.74. The Morgan fingerprint density at radius 3 is 2.72 bits per heavy atom. The second-order valence-corrected chi connectivity index (χ2v) is 6.32. The second kappa shape index (κ2) is 10.0. The van der Waals surface area contributed by atoms with Crippen molar-refractivity contribution in [2.75, 3.05) is 19.8 Å². The van der Waals surface area contributed by atoms with E-state index >= 15 is 0 Å². The van der Waals surface area contributed by atoms with Crippen LogP contribution in [0.2, 0.25) is 0 Å². The van der Waals surface area contributed by atoms with E-state index in [1.54, 1.807) is 24.3 Å². The van der Waals surface area contributed by atoms with E-state index in [2.05, 4.69) is 10.6 Å². The van der Waals surface area contributed by atoms with Crippen molar-refractivity contribution >= 4 is 11.8 Å². The highest BCUT2D eigenvalue weighted by Gasteiger charge is 2.17. The van der Waals surface area contributed by atoms with Crippen LogP contribution < -0.4 is 15.4 Å². The van der Waals surface area contributed by atoms with Gasteiger partial charge in [0.15, 0.2) is 0 Å². The predicted molar refractivity (Wildman–Crippen MR) is 95.8 cm³/mol. The average molecular weight is 348 g/mol. The van der Waals surface area contributed by atoms with Crippen molar-refractivity contribution in [2.24, 2.45) is 0 Å². The Hall–Kier alpha value is -2.08. The van der Waals surface area contributed by atoms with Crippen LogP contribution in [-0.4, -0.2) is 43.7 Å². The number of benzene rings is 1. The number of amides is 2. The molecule has 1 aliphatic rings. The molecule has 138 valence electrons. The first-order valence-corrected chi connectivity index (χ1v) is 9.00. The van der Waals surface area contributed by atoms with Crippen LogP contribution in [0.4, 0.5) is 0 Å². The Morgan fingerprint density at radius 2 is 2.08 bits per heavy atom. The zero-order valence-electron chi connectivity index (χ0n) is 15.0. The highest BCUT2D eigenvalue weighted by molar-refractivity contribution is 5.96. The molecule has 0 radical (unpaired) electrons. The molecule has 0 aliphatic carbocycles. The first-order chi connectivity index (χ1) is 12.1. The number of carbonyl (C=O) groups excluding carboxylic acids is 2. The first kappa shape index (κ1) is 19.2. The van der Waals surface area contributed by atoms with Crippen molar-refractivity contribution < 1.29 is 19.1 Å². The van der Waals surface area contributed by atoms with E-state index in [0.717, 1.165) is 38.0 Å². The van der Waals surface area contributed by atoms with Crippen LogP contribution in [0.15, 0.2) is 24.3 Å². The van der Waals surface area contributed by atoms with Crippen LogP contribution in [-0.2, 0) is 9.53 Å². The van der Waals surface area contributed by atoms with E-state index in [4.69, 9.17) is 9.47 Å². The topological polar surface area (TPSA) is 76.7 Å². The molecular formula is C19H28N2O4. The summed E-state index contributed by atoms with van der Waals surface area (Å²) in [5.41, 5.74) is 0.502. The molecule has 0 saturated carbocycles. The van der Waals surface area contributed by atoms with Gasteiger partial charge in [0.2, 0.25) is 5.91 Å². The summed E-state index contributed by atoms with van der Waals surface area (Å²) in [4.78, 5) is 24.0. The zero-order valence-corrected chi connectivity index (χ0v) is 15.0. The van der Waals surface area contributed by atoms with Crippen LogP contribution in [0, 0.1) is 0 Å². The molecular weight excluding hydrogens is 320 g/mol. The van der Waals surface area contributed by atoms with Gasteiger partial charge in [0.1, 0.15) is 5.75 Å². The van der Waals surface area contributed by atoms with Crippen LogP contribution in [0.5, 0.6) is 5.75 Å². The summed E-state index contributed by atoms with van der Waals surface area (Å²) in [5.74, 6) is 0.265. The Balaban J connectivity index is 1.66. The van der Waals surface area contributed by atoms with Crippen molar-refractivity contribution in [3.05, 3.63) is 29.8 Å². The standard InChI is InChI=1S/C19H28N2O4/c1-3-24-17-10-7-15(8-11-17)19(23)20-13-18(22)21-14(2)6-9-16-5-4-12-25-16/h7-8,10-11,14,16H,3-6,9,12-13H2,1-2H3,(H,20,23)(H,21,22). The molecule has 0 spiro atoms. The lowest BCUT2D eigenvalue weighted by atomic mass is 10.1. The van der Waals surface area contributed by atoms with Gasteiger partial charge in [-0.15, -0.1) is 0 Å². The van der Waals surface area contributed by atoms with E-state index in [0.29, 0.717) is 18.3 Å². The maximum absolute atomic E-state index is 12.1. The maximum Gasteiger partial charge on any atom is 0.251 e. The van der Waals surface area contributed by atoms with E-state index in [-0.39, 0.29) is 24.4 Å². The van der Waals surface area contributed by atoms with Crippen LogP contribution in [0.3, 0.4) is 0 Å². The highest BCUT2D eigenvalue weighted by Crippen LogP contribution is 2.17. The minimum Gasteiger partial charge on any atom is -0.494 e. The van der Waals surface area contributed by atoms with E-state index in [1.807, 2.05) is 13.8 Å². The Labute approximate surface area is 149 Å². The van der Waals surface area contributed by atoms with Gasteiger partial charge in [-0.25, -0.2) is 0 Å². The fourth-order valence-electron chi connectivity index (χ4n) is 2.84. The number of rotatable bonds is 9. The lowest BCUT2D eigenvalue weighted by Crippen LogP contribution is -2.41. The number of ether oxygens (including phenoxy) is 2. The third-order valence-electron chi connectivity index (χ3n) is 4.19. The summed E-state index contributed by atoms with van der Waals surface area (Å²) in [6.45, 7) is 5.28. The largest absolute Gasteiger partial charge is 0.494 e. The van der Waals surface area contributed by atoms with Gasteiger partial charge in [0.25, 0.3) is 5.91 Å². The smallest absolute Gasteiger partial charge is 0.251 e. The molecule has 2 atom stereocenters. The Morgan fingerprint density at radius 1 is 1.32 bits per heavy atom. The number of carbonyl (C=O) groups is 2. The van der Waals surface area contributed by atoms with Crippen molar-refractivity contribution in [1.29, 1.82) is 0 Å². The molecule has 6 heteroatoms. The Bertz CT molecular complexity index is 553. The summed E-state index contributed by atoms with van der Waals surface area (Å²) in [6.07, 6.45) is 4.41. The summed E-state index contributed by atoms with van der Waals surface area (Å²) in [7, 11) is 0. The van der Waals surface area contributed by atoms with Gasteiger partial charge in [-0.05, 0) is 63.8 Å². The molecule has 2 N–H and O–H groups in total. The first-order valence-electron chi connectivity index (χ1n) is 9.00. The lowest BCUT2D eigenvalue weighted by Gasteiger charge is -2.16. The molecule has 0 bridgehead atoms. The predicted octanol–water partition coefficient (Wildman–Crippen LogP) is 2.28. The summed E-state index contributed by atoms with van der Waals surface area (Å²) in [5, 5.41) is 5.54. The molecule has 1 aromatic rings. The van der Waals surface area contributed by atoms with E-state index < -0.39 is 0 Å². The molecule has 2 rings (SSSR count). The molecule has 1 saturated heterocycles. The van der Waals surface area contributed by atoms with Crippen molar-refractivity contribution in [3.8, 4) is 5.75 Å². The highest BCUT2D eigenvalue weighted by atomic mass is 16.5. The number of hydrogen-bond acceptors (Lipinski definition) is 4. The second-order valence-electron chi connectivity index (χ2n) is 6.32. The molecule has 6 nitrogen and oxygen atoms in total. The molecule has 25 heavy (non-hydrogen) atoms. The van der Waals surface area contributed by atoms with Gasteiger partial charge in [0, 0.05) is 18.2 Å². The minimum absolute atomic E-state index is 0.0314. The van der Waals surface area contributed by atoms with Gasteiger partial charge in [-0.1, -0.05) is 0 Å². The molecule has 1 heterocycles. The molecule has 1 aromatic carbocycles. The molecule has 2 amide bonds. The molecule has 1 aliphatic heterocycles. The minimum atomic E-state index is -0.273. The van der Waals surface area contributed by atoms with Gasteiger partial charge in [-0.2, -0.15) is 0 Å². The van der Waals surface area contributed by atoms with Crippen LogP contribution in [0.25, 0.3) is 0 Å². The van der Waals surface area contributed by atoms with Gasteiger partial charge < -0.3 is 20.1 Å². The van der Waals surface area contributed by atoms with Gasteiger partial charge in [-0.3, -0.25) is 9.59 Å². The molecule has 0 aromatic heterocycles. The van der Waals surface area contributed by atoms with E-state index in [1.165, 1.54) is 0 Å². The van der Waals surface area contributed by atoms with E-state index in [9.17, 15) is 9.59 Å². The number of nitrogens with one attached hydrogen (secondary N) is 2. The summed E-state index contributed by atoms with van der Waals surface area (Å²) in [6, 6.07) is 6.92. The van der Waals surface area contributed by atoms with Crippen molar-refractivity contribution in [1.82, 2.24) is 10.6 Å². The molecule has 2 unspecified atom stereocenters. The quantitative estimate of drug-likeness (QED) is 0.718. The average Bonchev–Trinajstić information content (AvgIpc) is 3.12. The maximum atomic E-state index is 12.1. The van der Waals surface area contributed by atoms with Gasteiger partial charge in [0.05, 0.1) is 19.3 Å². The van der Waals surface area contributed by atoms with Crippen molar-refractivity contribution in [2.45, 2.75) is 51.7 Å². The fraction of sp³-hybridized carbons (Fsp3) is 0.579. The summed E-state index contributed by atoms with van der Waals surface area (Å²) >= 11 is 0. The molecule has 1 fully saturated rings. The summed E-state index contributed by atoms with van der Waals surface area (Å²) < 4.78 is 10.9. The normalized spacial score (nSPS) is 17.8. The Kier molecular flexibility index (Phi) is 7.73. The van der Waals surface area contributed by atoms with Gasteiger partial charge >= 0.3 is 0 Å². The van der Waals surface area contributed by atoms with Crippen LogP contribution >= 0.6 is 0 Å². The van der Waals surface area contributed by atoms with Crippen LogP contribution in [0.1, 0.15) is 49.9 Å².